The Labute approximate surface area is 125 Å². The van der Waals surface area contributed by atoms with Crippen LogP contribution >= 0.6 is 11.3 Å². The Kier molecular flexibility index (Phi) is 5.56. The summed E-state index contributed by atoms with van der Waals surface area (Å²) in [6.07, 6.45) is 4.06. The molecule has 1 N–H and O–H groups in total. The maximum absolute atomic E-state index is 5.17. The predicted octanol–water partition coefficient (Wildman–Crippen LogP) is 3.43. The molecule has 1 heterocycles. The third-order valence-electron chi connectivity index (χ3n) is 3.25. The van der Waals surface area contributed by atoms with E-state index in [2.05, 4.69) is 36.3 Å². The van der Waals surface area contributed by atoms with Crippen molar-refractivity contribution in [3.63, 3.8) is 0 Å². The van der Waals surface area contributed by atoms with E-state index in [1.54, 1.807) is 18.4 Å². The molecule has 0 aliphatic heterocycles. The number of hydrogen-bond acceptors (Lipinski definition) is 4. The number of hydrogen-bond donors (Lipinski definition) is 1. The molecule has 108 valence electrons. The highest BCUT2D eigenvalue weighted by Crippen LogP contribution is 2.14. The second-order valence-electron chi connectivity index (χ2n) is 4.91. The topological polar surface area (TPSA) is 34.2 Å². The van der Waals surface area contributed by atoms with E-state index >= 15 is 0 Å². The summed E-state index contributed by atoms with van der Waals surface area (Å²) in [6, 6.07) is 8.69. The Hall–Kier alpha value is -1.39. The van der Waals surface area contributed by atoms with E-state index < -0.39 is 0 Å². The monoisotopic (exact) mass is 290 g/mol. The van der Waals surface area contributed by atoms with Crippen LogP contribution in [0.2, 0.25) is 0 Å². The zero-order valence-electron chi connectivity index (χ0n) is 12.3. The number of aryl methyl sites for hydroxylation is 1. The first-order chi connectivity index (χ1) is 9.71. The Morgan fingerprint density at radius 2 is 2.05 bits per heavy atom. The fourth-order valence-electron chi connectivity index (χ4n) is 2.04. The van der Waals surface area contributed by atoms with Gasteiger partial charge in [-0.1, -0.05) is 19.1 Å². The molecule has 0 radical (unpaired) electrons. The van der Waals surface area contributed by atoms with E-state index in [0.717, 1.165) is 25.1 Å². The smallest absolute Gasteiger partial charge is 0.118 e. The van der Waals surface area contributed by atoms with Crippen LogP contribution in [0.4, 0.5) is 0 Å². The van der Waals surface area contributed by atoms with Gasteiger partial charge >= 0.3 is 0 Å². The van der Waals surface area contributed by atoms with E-state index in [1.165, 1.54) is 15.4 Å². The van der Waals surface area contributed by atoms with Crippen LogP contribution in [0.5, 0.6) is 5.75 Å². The molecule has 2 aromatic rings. The molecule has 0 amide bonds. The molecule has 0 spiro atoms. The van der Waals surface area contributed by atoms with Gasteiger partial charge in [0.15, 0.2) is 0 Å². The van der Waals surface area contributed by atoms with Crippen molar-refractivity contribution in [1.82, 2.24) is 10.3 Å². The van der Waals surface area contributed by atoms with Gasteiger partial charge < -0.3 is 10.1 Å². The lowest BCUT2D eigenvalue weighted by Crippen LogP contribution is -2.27. The van der Waals surface area contributed by atoms with Crippen LogP contribution in [0.25, 0.3) is 0 Å². The lowest BCUT2D eigenvalue weighted by molar-refractivity contribution is 0.414. The van der Waals surface area contributed by atoms with Gasteiger partial charge in [-0.05, 0) is 37.5 Å². The van der Waals surface area contributed by atoms with Gasteiger partial charge in [0.2, 0.25) is 0 Å². The highest BCUT2D eigenvalue weighted by atomic mass is 32.1. The molecule has 3 nitrogen and oxygen atoms in total. The summed E-state index contributed by atoms with van der Waals surface area (Å²) in [5.41, 5.74) is 1.32. The molecule has 1 aromatic carbocycles. The fraction of sp³-hybridized carbons (Fsp3) is 0.438. The van der Waals surface area contributed by atoms with Crippen molar-refractivity contribution >= 4 is 11.3 Å². The first-order valence-electron chi connectivity index (χ1n) is 7.01. The van der Waals surface area contributed by atoms with Gasteiger partial charge in [0.25, 0.3) is 0 Å². The highest BCUT2D eigenvalue weighted by Gasteiger charge is 2.06. The quantitative estimate of drug-likeness (QED) is 0.848. The van der Waals surface area contributed by atoms with Gasteiger partial charge in [-0.15, -0.1) is 11.3 Å². The predicted molar refractivity (Wildman–Crippen MR) is 84.5 cm³/mol. The number of aromatic nitrogens is 1. The number of ether oxygens (including phenoxy) is 1. The van der Waals surface area contributed by atoms with E-state index in [1.807, 2.05) is 18.3 Å². The summed E-state index contributed by atoms with van der Waals surface area (Å²) in [5.74, 6) is 0.907. The average Bonchev–Trinajstić information content (AvgIpc) is 2.94. The lowest BCUT2D eigenvalue weighted by atomic mass is 10.1. The van der Waals surface area contributed by atoms with Crippen LogP contribution in [0.3, 0.4) is 0 Å². The van der Waals surface area contributed by atoms with Crippen molar-refractivity contribution in [2.45, 2.75) is 39.3 Å². The first-order valence-corrected chi connectivity index (χ1v) is 7.82. The van der Waals surface area contributed by atoms with Crippen molar-refractivity contribution in [2.75, 3.05) is 7.11 Å². The van der Waals surface area contributed by atoms with Crippen molar-refractivity contribution in [3.8, 4) is 5.75 Å². The Bertz CT molecular complexity index is 522. The number of nitrogens with zero attached hydrogens (tertiary/aromatic N) is 1. The maximum atomic E-state index is 5.17. The summed E-state index contributed by atoms with van der Waals surface area (Å²) in [4.78, 5) is 5.78. The van der Waals surface area contributed by atoms with Crippen LogP contribution in [0.1, 0.15) is 29.3 Å². The van der Waals surface area contributed by atoms with Gasteiger partial charge in [-0.2, -0.15) is 0 Å². The number of thiazole rings is 1. The number of nitrogens with one attached hydrogen (secondary N) is 1. The molecule has 1 unspecified atom stereocenters. The fourth-order valence-corrected chi connectivity index (χ4v) is 2.86. The van der Waals surface area contributed by atoms with Crippen LogP contribution < -0.4 is 10.1 Å². The first kappa shape index (κ1) is 15.0. The van der Waals surface area contributed by atoms with Gasteiger partial charge in [0.1, 0.15) is 10.8 Å². The molecule has 2 rings (SSSR count). The number of methoxy groups -OCH3 is 1. The van der Waals surface area contributed by atoms with E-state index in [4.69, 9.17) is 4.74 Å². The second kappa shape index (κ2) is 7.41. The molecule has 0 aliphatic rings. The average molecular weight is 290 g/mol. The number of benzene rings is 1. The SMILES string of the molecule is CCc1cnc(CNC(C)Cc2ccc(OC)cc2)s1. The van der Waals surface area contributed by atoms with Crippen LogP contribution in [0.15, 0.2) is 30.5 Å². The van der Waals surface area contributed by atoms with Crippen LogP contribution in [0, 0.1) is 0 Å². The molecule has 0 aliphatic carbocycles. The van der Waals surface area contributed by atoms with Gasteiger partial charge in [-0.3, -0.25) is 0 Å². The third-order valence-corrected chi connectivity index (χ3v) is 4.39. The van der Waals surface area contributed by atoms with Crippen molar-refractivity contribution < 1.29 is 4.74 Å². The Balaban J connectivity index is 1.80. The van der Waals surface area contributed by atoms with E-state index in [9.17, 15) is 0 Å². The second-order valence-corrected chi connectivity index (χ2v) is 6.11. The largest absolute Gasteiger partial charge is 0.497 e. The van der Waals surface area contributed by atoms with Gasteiger partial charge in [0.05, 0.1) is 7.11 Å². The Morgan fingerprint density at radius 3 is 2.65 bits per heavy atom. The maximum Gasteiger partial charge on any atom is 0.118 e. The summed E-state index contributed by atoms with van der Waals surface area (Å²) in [6.45, 7) is 5.22. The van der Waals surface area contributed by atoms with Crippen molar-refractivity contribution in [2.24, 2.45) is 0 Å². The van der Waals surface area contributed by atoms with Crippen molar-refractivity contribution in [3.05, 3.63) is 45.9 Å². The van der Waals surface area contributed by atoms with E-state index in [-0.39, 0.29) is 0 Å². The molecule has 0 saturated carbocycles. The molecular formula is C16H22N2OS. The molecule has 0 saturated heterocycles. The molecule has 1 atom stereocenters. The minimum atomic E-state index is 0.428. The minimum absolute atomic E-state index is 0.428. The van der Waals surface area contributed by atoms with Gasteiger partial charge in [0, 0.05) is 23.7 Å². The molecular weight excluding hydrogens is 268 g/mol. The summed E-state index contributed by atoms with van der Waals surface area (Å²) in [5, 5.41) is 4.70. The molecule has 0 fully saturated rings. The molecule has 20 heavy (non-hydrogen) atoms. The summed E-state index contributed by atoms with van der Waals surface area (Å²) < 4.78 is 5.17. The standard InChI is InChI=1S/C16H22N2OS/c1-4-15-10-18-16(20-15)11-17-12(2)9-13-5-7-14(19-3)8-6-13/h5-8,10,12,17H,4,9,11H2,1-3H3. The third kappa shape index (κ3) is 4.32. The zero-order valence-corrected chi connectivity index (χ0v) is 13.2. The van der Waals surface area contributed by atoms with Crippen molar-refractivity contribution in [1.29, 1.82) is 0 Å². The lowest BCUT2D eigenvalue weighted by Gasteiger charge is -2.13. The molecule has 4 heteroatoms. The van der Waals surface area contributed by atoms with Crippen LogP contribution in [-0.4, -0.2) is 18.1 Å². The number of rotatable bonds is 7. The van der Waals surface area contributed by atoms with Gasteiger partial charge in [-0.25, -0.2) is 4.98 Å². The highest BCUT2D eigenvalue weighted by molar-refractivity contribution is 7.11. The Morgan fingerprint density at radius 1 is 1.30 bits per heavy atom. The summed E-state index contributed by atoms with van der Waals surface area (Å²) >= 11 is 1.80. The minimum Gasteiger partial charge on any atom is -0.497 e. The molecule has 0 bridgehead atoms. The zero-order chi connectivity index (χ0) is 14.4. The normalized spacial score (nSPS) is 12.3. The summed E-state index contributed by atoms with van der Waals surface area (Å²) in [7, 11) is 1.69. The van der Waals surface area contributed by atoms with Crippen LogP contribution in [-0.2, 0) is 19.4 Å². The molecule has 1 aromatic heterocycles. The van der Waals surface area contributed by atoms with E-state index in [0.29, 0.717) is 6.04 Å².